The number of rotatable bonds is 4. The highest BCUT2D eigenvalue weighted by atomic mass is 32.2. The lowest BCUT2D eigenvalue weighted by molar-refractivity contribution is 0.1000. The Morgan fingerprint density at radius 3 is 2.76 bits per heavy atom. The summed E-state index contributed by atoms with van der Waals surface area (Å²) in [6, 6.07) is 8.21. The van der Waals surface area contributed by atoms with Crippen molar-refractivity contribution in [2.24, 2.45) is 0 Å². The summed E-state index contributed by atoms with van der Waals surface area (Å²) in [5.74, 6) is 0. The summed E-state index contributed by atoms with van der Waals surface area (Å²) in [6.07, 6.45) is 2.66. The highest BCUT2D eigenvalue weighted by molar-refractivity contribution is 8.00. The maximum Gasteiger partial charge on any atom is 0.0798 e. The summed E-state index contributed by atoms with van der Waals surface area (Å²) in [6.45, 7) is 3.76. The molecule has 1 atom stereocenters. The molecule has 1 aliphatic heterocycles. The number of thioether (sulfide) groups is 1. The van der Waals surface area contributed by atoms with Gasteiger partial charge in [0.2, 0.25) is 0 Å². The normalized spacial score (nSPS) is 19.2. The fourth-order valence-corrected chi connectivity index (χ4v) is 3.34. The third-order valence-corrected chi connectivity index (χ3v) is 4.56. The molecule has 0 saturated carbocycles. The molecule has 0 spiro atoms. The molecule has 0 unspecified atom stereocenters. The van der Waals surface area contributed by atoms with Crippen LogP contribution < -0.4 is 0 Å². The molecule has 94 valence electrons. The highest BCUT2D eigenvalue weighted by Gasteiger charge is 2.18. The van der Waals surface area contributed by atoms with Crippen molar-refractivity contribution in [1.29, 1.82) is 0 Å². The van der Waals surface area contributed by atoms with Crippen LogP contribution in [-0.2, 0) is 4.74 Å². The Hall–Kier alpha value is -0.510. The molecule has 17 heavy (non-hydrogen) atoms. The van der Waals surface area contributed by atoms with E-state index in [1.54, 1.807) is 0 Å². The average Bonchev–Trinajstić information content (AvgIpc) is 2.40. The number of aliphatic hydroxyl groups is 1. The van der Waals surface area contributed by atoms with E-state index < -0.39 is 0 Å². The van der Waals surface area contributed by atoms with Gasteiger partial charge >= 0.3 is 0 Å². The van der Waals surface area contributed by atoms with Crippen LogP contribution in [0.25, 0.3) is 0 Å². The lowest BCUT2D eigenvalue weighted by atomic mass is 10.1. The van der Waals surface area contributed by atoms with Crippen LogP contribution in [0, 0.1) is 0 Å². The van der Waals surface area contributed by atoms with Crippen LogP contribution in [0.4, 0.5) is 0 Å². The van der Waals surface area contributed by atoms with Gasteiger partial charge < -0.3 is 9.84 Å². The molecule has 1 saturated heterocycles. The SMILES string of the molecule is CC[C@H](O)c1ccccc1SC1CCOCC1. The Kier molecular flexibility index (Phi) is 4.89. The number of hydrogen-bond donors (Lipinski definition) is 1. The molecule has 2 nitrogen and oxygen atoms in total. The number of ether oxygens (including phenoxy) is 1. The fraction of sp³-hybridized carbons (Fsp3) is 0.571. The van der Waals surface area contributed by atoms with Gasteiger partial charge in [-0.25, -0.2) is 0 Å². The second kappa shape index (κ2) is 6.43. The van der Waals surface area contributed by atoms with Gasteiger partial charge in [0.1, 0.15) is 0 Å². The van der Waals surface area contributed by atoms with Gasteiger partial charge in [0.15, 0.2) is 0 Å². The summed E-state index contributed by atoms with van der Waals surface area (Å²) >= 11 is 1.89. The van der Waals surface area contributed by atoms with Crippen LogP contribution in [-0.4, -0.2) is 23.6 Å². The molecule has 1 N–H and O–H groups in total. The van der Waals surface area contributed by atoms with Crippen molar-refractivity contribution in [3.8, 4) is 0 Å². The molecule has 1 aromatic carbocycles. The van der Waals surface area contributed by atoms with Crippen LogP contribution in [0.5, 0.6) is 0 Å². The fourth-order valence-electron chi connectivity index (χ4n) is 2.06. The van der Waals surface area contributed by atoms with E-state index in [-0.39, 0.29) is 6.10 Å². The first kappa shape index (κ1) is 12.9. The van der Waals surface area contributed by atoms with E-state index in [9.17, 15) is 5.11 Å². The second-order valence-electron chi connectivity index (χ2n) is 4.39. The van der Waals surface area contributed by atoms with Gasteiger partial charge in [-0.15, -0.1) is 11.8 Å². The predicted molar refractivity (Wildman–Crippen MR) is 71.4 cm³/mol. The van der Waals surface area contributed by atoms with Gasteiger partial charge in [-0.2, -0.15) is 0 Å². The van der Waals surface area contributed by atoms with Gasteiger partial charge in [-0.05, 0) is 30.9 Å². The Balaban J connectivity index is 2.08. The molecule has 1 fully saturated rings. The zero-order valence-corrected chi connectivity index (χ0v) is 11.1. The van der Waals surface area contributed by atoms with E-state index in [1.807, 2.05) is 36.9 Å². The monoisotopic (exact) mass is 252 g/mol. The zero-order valence-electron chi connectivity index (χ0n) is 10.3. The molecule has 0 amide bonds. The lowest BCUT2D eigenvalue weighted by Gasteiger charge is -2.23. The molecule has 1 aliphatic rings. The molecule has 3 heteroatoms. The maximum atomic E-state index is 10.0. The third kappa shape index (κ3) is 3.47. The van der Waals surface area contributed by atoms with Gasteiger partial charge in [-0.3, -0.25) is 0 Å². The molecule has 1 heterocycles. The highest BCUT2D eigenvalue weighted by Crippen LogP contribution is 2.35. The molecule has 0 bridgehead atoms. The van der Waals surface area contributed by atoms with Crippen molar-refractivity contribution < 1.29 is 9.84 Å². The summed E-state index contributed by atoms with van der Waals surface area (Å²) in [5.41, 5.74) is 1.08. The Morgan fingerprint density at radius 1 is 1.35 bits per heavy atom. The number of hydrogen-bond acceptors (Lipinski definition) is 3. The summed E-state index contributed by atoms with van der Waals surface area (Å²) < 4.78 is 5.37. The first-order valence-electron chi connectivity index (χ1n) is 6.32. The maximum absolute atomic E-state index is 10.0. The largest absolute Gasteiger partial charge is 0.388 e. The first-order valence-corrected chi connectivity index (χ1v) is 7.20. The average molecular weight is 252 g/mol. The van der Waals surface area contributed by atoms with Gasteiger partial charge in [0, 0.05) is 23.4 Å². The molecule has 1 aromatic rings. The van der Waals surface area contributed by atoms with E-state index in [0.717, 1.165) is 38.0 Å². The first-order chi connectivity index (χ1) is 8.31. The van der Waals surface area contributed by atoms with E-state index in [1.165, 1.54) is 4.90 Å². The minimum Gasteiger partial charge on any atom is -0.388 e. The van der Waals surface area contributed by atoms with E-state index >= 15 is 0 Å². The standard InChI is InChI=1S/C14H20O2S/c1-2-13(15)12-5-3-4-6-14(12)17-11-7-9-16-10-8-11/h3-6,11,13,15H,2,7-10H2,1H3/t13-/m0/s1. The van der Waals surface area contributed by atoms with Crippen molar-refractivity contribution in [2.45, 2.75) is 42.4 Å². The minimum absolute atomic E-state index is 0.335. The topological polar surface area (TPSA) is 29.5 Å². The Labute approximate surface area is 107 Å². The molecule has 0 aromatic heterocycles. The summed E-state index contributed by atoms with van der Waals surface area (Å²) in [5, 5.41) is 10.6. The molecule has 0 radical (unpaired) electrons. The van der Waals surface area contributed by atoms with Crippen LogP contribution in [0.3, 0.4) is 0 Å². The number of aliphatic hydroxyl groups excluding tert-OH is 1. The van der Waals surface area contributed by atoms with Crippen molar-refractivity contribution >= 4 is 11.8 Å². The quantitative estimate of drug-likeness (QED) is 0.890. The van der Waals surface area contributed by atoms with Gasteiger partial charge in [0.25, 0.3) is 0 Å². The van der Waals surface area contributed by atoms with Crippen molar-refractivity contribution in [2.75, 3.05) is 13.2 Å². The predicted octanol–water partition coefficient (Wildman–Crippen LogP) is 3.40. The molecular formula is C14H20O2S. The summed E-state index contributed by atoms with van der Waals surface area (Å²) in [7, 11) is 0. The third-order valence-electron chi connectivity index (χ3n) is 3.13. The lowest BCUT2D eigenvalue weighted by Crippen LogP contribution is -2.17. The van der Waals surface area contributed by atoms with Crippen molar-refractivity contribution in [3.63, 3.8) is 0 Å². The van der Waals surface area contributed by atoms with Crippen molar-refractivity contribution in [3.05, 3.63) is 29.8 Å². The van der Waals surface area contributed by atoms with Gasteiger partial charge in [-0.1, -0.05) is 25.1 Å². The molecular weight excluding hydrogens is 232 g/mol. The smallest absolute Gasteiger partial charge is 0.0798 e. The van der Waals surface area contributed by atoms with Crippen LogP contribution in [0.15, 0.2) is 29.2 Å². The zero-order chi connectivity index (χ0) is 12.1. The van der Waals surface area contributed by atoms with E-state index in [4.69, 9.17) is 4.74 Å². The Bertz CT molecular complexity index is 348. The van der Waals surface area contributed by atoms with Crippen LogP contribution in [0.2, 0.25) is 0 Å². The Morgan fingerprint density at radius 2 is 2.06 bits per heavy atom. The number of benzene rings is 1. The minimum atomic E-state index is -0.335. The van der Waals surface area contributed by atoms with Crippen LogP contribution in [0.1, 0.15) is 37.9 Å². The molecule has 2 rings (SSSR count). The second-order valence-corrected chi connectivity index (χ2v) is 5.73. The van der Waals surface area contributed by atoms with E-state index in [0.29, 0.717) is 5.25 Å². The van der Waals surface area contributed by atoms with Crippen molar-refractivity contribution in [1.82, 2.24) is 0 Å². The van der Waals surface area contributed by atoms with E-state index in [2.05, 4.69) is 6.07 Å². The molecule has 0 aliphatic carbocycles. The van der Waals surface area contributed by atoms with Crippen LogP contribution >= 0.6 is 11.8 Å². The van der Waals surface area contributed by atoms with Gasteiger partial charge in [0.05, 0.1) is 6.10 Å². The summed E-state index contributed by atoms with van der Waals surface area (Å²) in [4.78, 5) is 1.23.